The zero-order chi connectivity index (χ0) is 15.6. The van der Waals surface area contributed by atoms with Gasteiger partial charge in [0.2, 0.25) is 10.0 Å². The standard InChI is InChI=1S/C14H16FN3O2S/c1-9-4-3-5-17-14(9)8-18-21(19,20)11-6-12(15)10(2)13(16)7-11/h3-7,18H,8,16H2,1-2H3. The van der Waals surface area contributed by atoms with Gasteiger partial charge in [-0.05, 0) is 37.6 Å². The second-order valence-corrected chi connectivity index (χ2v) is 6.48. The van der Waals surface area contributed by atoms with Crippen molar-refractivity contribution in [3.63, 3.8) is 0 Å². The van der Waals surface area contributed by atoms with Crippen LogP contribution in [0.5, 0.6) is 0 Å². The summed E-state index contributed by atoms with van der Waals surface area (Å²) >= 11 is 0. The van der Waals surface area contributed by atoms with E-state index in [0.29, 0.717) is 5.69 Å². The van der Waals surface area contributed by atoms with Crippen molar-refractivity contribution in [3.8, 4) is 0 Å². The normalized spacial score (nSPS) is 11.6. The molecule has 0 saturated heterocycles. The SMILES string of the molecule is Cc1cccnc1CNS(=O)(=O)c1cc(N)c(C)c(F)c1. The van der Waals surface area contributed by atoms with Crippen molar-refractivity contribution in [3.05, 3.63) is 53.1 Å². The Kier molecular flexibility index (Phi) is 4.24. The zero-order valence-electron chi connectivity index (χ0n) is 11.7. The minimum atomic E-state index is -3.85. The third-order valence-electron chi connectivity index (χ3n) is 3.22. The Labute approximate surface area is 123 Å². The van der Waals surface area contributed by atoms with Gasteiger partial charge in [0.25, 0.3) is 0 Å². The van der Waals surface area contributed by atoms with Crippen LogP contribution in [0.1, 0.15) is 16.8 Å². The molecule has 0 amide bonds. The van der Waals surface area contributed by atoms with E-state index in [9.17, 15) is 12.8 Å². The lowest BCUT2D eigenvalue weighted by Gasteiger charge is -2.10. The van der Waals surface area contributed by atoms with Crippen molar-refractivity contribution in [2.24, 2.45) is 0 Å². The number of aromatic nitrogens is 1. The third-order valence-corrected chi connectivity index (χ3v) is 4.60. The molecule has 0 radical (unpaired) electrons. The average molecular weight is 309 g/mol. The van der Waals surface area contributed by atoms with E-state index >= 15 is 0 Å². The van der Waals surface area contributed by atoms with Crippen LogP contribution in [-0.2, 0) is 16.6 Å². The van der Waals surface area contributed by atoms with E-state index in [1.165, 1.54) is 13.0 Å². The number of rotatable bonds is 4. The number of nitrogens with two attached hydrogens (primary N) is 1. The molecule has 0 saturated carbocycles. The molecule has 0 aliphatic rings. The van der Waals surface area contributed by atoms with Crippen LogP contribution in [0.4, 0.5) is 10.1 Å². The number of sulfonamides is 1. The molecule has 5 nitrogen and oxygen atoms in total. The monoisotopic (exact) mass is 309 g/mol. The molecular formula is C14H16FN3O2S. The van der Waals surface area contributed by atoms with Gasteiger partial charge in [0.15, 0.2) is 0 Å². The van der Waals surface area contributed by atoms with Gasteiger partial charge >= 0.3 is 0 Å². The van der Waals surface area contributed by atoms with Crippen molar-refractivity contribution in [1.29, 1.82) is 0 Å². The predicted octanol–water partition coefficient (Wildman–Crippen LogP) is 1.90. The first-order valence-corrected chi connectivity index (χ1v) is 7.75. The average Bonchev–Trinajstić information content (AvgIpc) is 2.43. The Morgan fingerprint density at radius 1 is 1.33 bits per heavy atom. The van der Waals surface area contributed by atoms with Crippen LogP contribution >= 0.6 is 0 Å². The van der Waals surface area contributed by atoms with Crippen LogP contribution in [0.2, 0.25) is 0 Å². The lowest BCUT2D eigenvalue weighted by atomic mass is 10.2. The van der Waals surface area contributed by atoms with Gasteiger partial charge < -0.3 is 5.73 Å². The predicted molar refractivity (Wildman–Crippen MR) is 78.5 cm³/mol. The van der Waals surface area contributed by atoms with E-state index in [1.807, 2.05) is 13.0 Å². The largest absolute Gasteiger partial charge is 0.398 e. The lowest BCUT2D eigenvalue weighted by molar-refractivity contribution is 0.575. The molecule has 1 heterocycles. The molecule has 2 rings (SSSR count). The summed E-state index contributed by atoms with van der Waals surface area (Å²) in [5.74, 6) is -0.649. The maximum absolute atomic E-state index is 13.6. The molecule has 2 aromatic rings. The minimum Gasteiger partial charge on any atom is -0.398 e. The lowest BCUT2D eigenvalue weighted by Crippen LogP contribution is -2.24. The quantitative estimate of drug-likeness (QED) is 0.845. The summed E-state index contributed by atoms with van der Waals surface area (Å²) in [7, 11) is -3.85. The smallest absolute Gasteiger partial charge is 0.241 e. The molecule has 0 aliphatic carbocycles. The maximum atomic E-state index is 13.6. The topological polar surface area (TPSA) is 85.1 Å². The molecule has 1 aromatic heterocycles. The maximum Gasteiger partial charge on any atom is 0.241 e. The number of halogens is 1. The van der Waals surface area contributed by atoms with Gasteiger partial charge in [-0.25, -0.2) is 17.5 Å². The molecule has 7 heteroatoms. The van der Waals surface area contributed by atoms with Crippen molar-refractivity contribution in [2.75, 3.05) is 5.73 Å². The van der Waals surface area contributed by atoms with E-state index in [0.717, 1.165) is 11.6 Å². The minimum absolute atomic E-state index is 0.0321. The van der Waals surface area contributed by atoms with Crippen LogP contribution in [0.15, 0.2) is 35.4 Å². The highest BCUT2D eigenvalue weighted by molar-refractivity contribution is 7.89. The highest BCUT2D eigenvalue weighted by atomic mass is 32.2. The van der Waals surface area contributed by atoms with Crippen LogP contribution in [0, 0.1) is 19.7 Å². The highest BCUT2D eigenvalue weighted by Crippen LogP contribution is 2.21. The highest BCUT2D eigenvalue weighted by Gasteiger charge is 2.17. The summed E-state index contributed by atoms with van der Waals surface area (Å²) in [6, 6.07) is 5.80. The van der Waals surface area contributed by atoms with Crippen LogP contribution in [0.3, 0.4) is 0 Å². The summed E-state index contributed by atoms with van der Waals surface area (Å²) in [6.07, 6.45) is 1.58. The first kappa shape index (κ1) is 15.4. The summed E-state index contributed by atoms with van der Waals surface area (Å²) in [5.41, 5.74) is 7.42. The summed E-state index contributed by atoms with van der Waals surface area (Å²) < 4.78 is 40.3. The number of hydrogen-bond donors (Lipinski definition) is 2. The van der Waals surface area contributed by atoms with Gasteiger partial charge in [-0.15, -0.1) is 0 Å². The number of nitrogen functional groups attached to an aromatic ring is 1. The number of anilines is 1. The van der Waals surface area contributed by atoms with Crippen LogP contribution < -0.4 is 10.5 Å². The van der Waals surface area contributed by atoms with E-state index in [1.54, 1.807) is 12.3 Å². The zero-order valence-corrected chi connectivity index (χ0v) is 12.5. The van der Waals surface area contributed by atoms with Gasteiger partial charge in [0, 0.05) is 17.4 Å². The van der Waals surface area contributed by atoms with E-state index < -0.39 is 15.8 Å². The molecule has 0 spiro atoms. The number of hydrogen-bond acceptors (Lipinski definition) is 4. The molecule has 1 aromatic carbocycles. The fourth-order valence-corrected chi connectivity index (χ4v) is 2.81. The molecule has 0 fully saturated rings. The Morgan fingerprint density at radius 3 is 2.67 bits per heavy atom. The molecule has 0 aliphatic heterocycles. The first-order valence-electron chi connectivity index (χ1n) is 6.27. The summed E-state index contributed by atoms with van der Waals surface area (Å²) in [6.45, 7) is 3.36. The molecular weight excluding hydrogens is 293 g/mol. The summed E-state index contributed by atoms with van der Waals surface area (Å²) in [4.78, 5) is 3.90. The Balaban J connectivity index is 2.25. The fourth-order valence-electron chi connectivity index (χ4n) is 1.78. The van der Waals surface area contributed by atoms with Gasteiger partial charge in [0.1, 0.15) is 5.82 Å². The van der Waals surface area contributed by atoms with Crippen molar-refractivity contribution < 1.29 is 12.8 Å². The van der Waals surface area contributed by atoms with Crippen LogP contribution in [0.25, 0.3) is 0 Å². The molecule has 3 N–H and O–H groups in total. The van der Waals surface area contributed by atoms with E-state index in [2.05, 4.69) is 9.71 Å². The fraction of sp³-hybridized carbons (Fsp3) is 0.214. The van der Waals surface area contributed by atoms with Crippen LogP contribution in [-0.4, -0.2) is 13.4 Å². The van der Waals surface area contributed by atoms with E-state index in [4.69, 9.17) is 5.73 Å². The Bertz CT molecular complexity index is 753. The van der Waals surface area contributed by atoms with Gasteiger partial charge in [-0.3, -0.25) is 4.98 Å². The third kappa shape index (κ3) is 3.37. The second-order valence-electron chi connectivity index (χ2n) is 4.71. The number of pyridine rings is 1. The molecule has 0 bridgehead atoms. The second kappa shape index (κ2) is 5.79. The van der Waals surface area contributed by atoms with Crippen molar-refractivity contribution in [1.82, 2.24) is 9.71 Å². The number of aryl methyl sites for hydroxylation is 1. The Hall–Kier alpha value is -1.99. The van der Waals surface area contributed by atoms with Crippen molar-refractivity contribution >= 4 is 15.7 Å². The van der Waals surface area contributed by atoms with Crippen molar-refractivity contribution in [2.45, 2.75) is 25.3 Å². The molecule has 112 valence electrons. The molecule has 21 heavy (non-hydrogen) atoms. The number of benzene rings is 1. The number of nitrogens with zero attached hydrogens (tertiary/aromatic N) is 1. The first-order chi connectivity index (χ1) is 9.81. The Morgan fingerprint density at radius 2 is 2.05 bits per heavy atom. The number of nitrogens with one attached hydrogen (secondary N) is 1. The van der Waals surface area contributed by atoms with Gasteiger partial charge in [-0.1, -0.05) is 6.07 Å². The summed E-state index contributed by atoms with van der Waals surface area (Å²) in [5, 5.41) is 0. The molecule has 0 unspecified atom stereocenters. The van der Waals surface area contributed by atoms with Gasteiger partial charge in [0.05, 0.1) is 17.1 Å². The molecule has 0 atom stereocenters. The van der Waals surface area contributed by atoms with Gasteiger partial charge in [-0.2, -0.15) is 0 Å². The van der Waals surface area contributed by atoms with E-state index in [-0.39, 0.29) is 22.7 Å².